The van der Waals surface area contributed by atoms with Gasteiger partial charge in [-0.05, 0) is 25.3 Å². The maximum atomic E-state index is 12.2. The molecule has 0 radical (unpaired) electrons. The first kappa shape index (κ1) is 25.2. The summed E-state index contributed by atoms with van der Waals surface area (Å²) in [5.41, 5.74) is -0.192. The summed E-state index contributed by atoms with van der Waals surface area (Å²) in [6.07, 6.45) is 13.1. The van der Waals surface area contributed by atoms with Crippen molar-refractivity contribution < 1.29 is 27.4 Å². The minimum Gasteiger partial charge on any atom is -0.356 e. The van der Waals surface area contributed by atoms with Crippen LogP contribution in [0.3, 0.4) is 0 Å². The van der Waals surface area contributed by atoms with Crippen LogP contribution in [0.5, 0.6) is 0 Å². The van der Waals surface area contributed by atoms with E-state index in [1.807, 2.05) is 0 Å². The molecule has 0 heterocycles. The minimum absolute atomic E-state index is 0.0533. The predicted molar refractivity (Wildman–Crippen MR) is 112 cm³/mol. The van der Waals surface area contributed by atoms with Gasteiger partial charge in [-0.3, -0.25) is 18.9 Å². The van der Waals surface area contributed by atoms with Gasteiger partial charge in [-0.15, -0.1) is 0 Å². The lowest BCUT2D eigenvalue weighted by molar-refractivity contribution is -0.122. The highest BCUT2D eigenvalue weighted by molar-refractivity contribution is 7.87. The zero-order chi connectivity index (χ0) is 21.7. The molecule has 8 heteroatoms. The van der Waals surface area contributed by atoms with Gasteiger partial charge in [0.1, 0.15) is 0 Å². The summed E-state index contributed by atoms with van der Waals surface area (Å²) in [5, 5.41) is 1.17. The molecular weight excluding hydrogens is 394 g/mol. The monoisotopic (exact) mass is 427 g/mol. The van der Waals surface area contributed by atoms with Crippen LogP contribution in [0.1, 0.15) is 77.6 Å². The zero-order valence-electron chi connectivity index (χ0n) is 17.2. The number of hydrogen-bond donors (Lipinski definition) is 2. The van der Waals surface area contributed by atoms with Crippen molar-refractivity contribution in [1.29, 1.82) is 0 Å². The van der Waals surface area contributed by atoms with E-state index in [1.165, 1.54) is 37.8 Å². The van der Waals surface area contributed by atoms with Gasteiger partial charge in [-0.2, -0.15) is 8.42 Å². The van der Waals surface area contributed by atoms with Gasteiger partial charge in [0.15, 0.2) is 16.8 Å². The Morgan fingerprint density at radius 1 is 1.00 bits per heavy atom. The fraction of sp³-hybridized carbons (Fsp3) is 0.667. The van der Waals surface area contributed by atoms with Crippen LogP contribution in [0.25, 0.3) is 0 Å². The van der Waals surface area contributed by atoms with Gasteiger partial charge in [0.05, 0.1) is 5.57 Å². The van der Waals surface area contributed by atoms with Crippen LogP contribution in [0.15, 0.2) is 23.8 Å². The van der Waals surface area contributed by atoms with Gasteiger partial charge in [-0.1, -0.05) is 57.6 Å². The van der Waals surface area contributed by atoms with Crippen LogP contribution in [-0.4, -0.2) is 42.2 Å². The molecule has 0 bridgehead atoms. The summed E-state index contributed by atoms with van der Waals surface area (Å²) >= 11 is 0. The standard InChI is InChI=1S/C21H33NO6S/c1-2-3-4-5-6-9-15-20(24)22-16-10-7-8-13-18(23)17-12-11-14-19(21(17)25)29(26,27)28/h11-12,14,19H,2-10,13,15-16H2,1H3,(H,22,24)(H,26,27,28). The van der Waals surface area contributed by atoms with Crippen molar-refractivity contribution in [1.82, 2.24) is 5.32 Å². The molecule has 1 unspecified atom stereocenters. The van der Waals surface area contributed by atoms with Gasteiger partial charge in [-0.25, -0.2) is 0 Å². The van der Waals surface area contributed by atoms with E-state index < -0.39 is 26.9 Å². The van der Waals surface area contributed by atoms with E-state index >= 15 is 0 Å². The summed E-state index contributed by atoms with van der Waals surface area (Å²) in [6.45, 7) is 2.73. The Labute approximate surface area is 173 Å². The molecule has 0 saturated carbocycles. The fourth-order valence-corrected chi connectivity index (χ4v) is 3.83. The smallest absolute Gasteiger partial charge is 0.279 e. The first-order valence-corrected chi connectivity index (χ1v) is 12.0. The summed E-state index contributed by atoms with van der Waals surface area (Å²) in [4.78, 5) is 36.0. The molecule has 164 valence electrons. The molecular formula is C21H33NO6S. The number of Topliss-reactive ketones (excluding diaryl/α,β-unsaturated/α-hetero) is 2. The Kier molecular flexibility index (Phi) is 11.7. The van der Waals surface area contributed by atoms with E-state index in [0.29, 0.717) is 25.8 Å². The second kappa shape index (κ2) is 13.4. The van der Waals surface area contributed by atoms with E-state index in [-0.39, 0.29) is 17.9 Å². The highest BCUT2D eigenvalue weighted by Gasteiger charge is 2.34. The Morgan fingerprint density at radius 3 is 2.31 bits per heavy atom. The molecule has 1 aliphatic carbocycles. The molecule has 1 rings (SSSR count). The molecule has 0 spiro atoms. The predicted octanol–water partition coefficient (Wildman–Crippen LogP) is 3.30. The first-order valence-electron chi connectivity index (χ1n) is 10.5. The second-order valence-corrected chi connectivity index (χ2v) is 8.90. The molecule has 29 heavy (non-hydrogen) atoms. The molecule has 0 aliphatic heterocycles. The van der Waals surface area contributed by atoms with Crippen LogP contribution in [0.2, 0.25) is 0 Å². The van der Waals surface area contributed by atoms with E-state index in [2.05, 4.69) is 12.2 Å². The van der Waals surface area contributed by atoms with Gasteiger partial charge < -0.3 is 5.32 Å². The fourth-order valence-electron chi connectivity index (χ4n) is 3.14. The average molecular weight is 428 g/mol. The Balaban J connectivity index is 2.15. The largest absolute Gasteiger partial charge is 0.356 e. The summed E-state index contributed by atoms with van der Waals surface area (Å²) in [6, 6.07) is 0. The van der Waals surface area contributed by atoms with Crippen molar-refractivity contribution in [2.75, 3.05) is 6.54 Å². The van der Waals surface area contributed by atoms with Crippen molar-refractivity contribution >= 4 is 27.6 Å². The van der Waals surface area contributed by atoms with Crippen molar-refractivity contribution in [3.8, 4) is 0 Å². The normalized spacial score (nSPS) is 16.6. The molecule has 0 aromatic heterocycles. The van der Waals surface area contributed by atoms with Crippen molar-refractivity contribution in [2.24, 2.45) is 0 Å². The number of amides is 1. The van der Waals surface area contributed by atoms with Crippen molar-refractivity contribution in [3.05, 3.63) is 23.8 Å². The molecule has 0 fully saturated rings. The topological polar surface area (TPSA) is 118 Å². The third-order valence-electron chi connectivity index (χ3n) is 4.85. The third-order valence-corrected chi connectivity index (χ3v) is 5.87. The maximum absolute atomic E-state index is 12.2. The summed E-state index contributed by atoms with van der Waals surface area (Å²) in [7, 11) is -4.56. The van der Waals surface area contributed by atoms with Crippen molar-refractivity contribution in [2.45, 2.75) is 82.8 Å². The van der Waals surface area contributed by atoms with Crippen LogP contribution in [0.4, 0.5) is 0 Å². The average Bonchev–Trinajstić information content (AvgIpc) is 2.66. The SMILES string of the molecule is CCCCCCCCC(=O)NCCCCCC(=O)C1=CC=CC(S(=O)(=O)O)C1=O. The molecule has 2 N–H and O–H groups in total. The number of carbonyl (C=O) groups is 3. The van der Waals surface area contributed by atoms with E-state index in [4.69, 9.17) is 4.55 Å². The first-order chi connectivity index (χ1) is 13.8. The van der Waals surface area contributed by atoms with E-state index in [0.717, 1.165) is 25.3 Å². The molecule has 0 aromatic rings. The van der Waals surface area contributed by atoms with Crippen LogP contribution in [-0.2, 0) is 24.5 Å². The number of allylic oxidation sites excluding steroid dienone is 3. The van der Waals surface area contributed by atoms with Gasteiger partial charge in [0.2, 0.25) is 5.91 Å². The Morgan fingerprint density at radius 2 is 1.62 bits per heavy atom. The highest BCUT2D eigenvalue weighted by atomic mass is 32.2. The number of ketones is 2. The number of hydrogen-bond acceptors (Lipinski definition) is 5. The molecule has 1 amide bonds. The maximum Gasteiger partial charge on any atom is 0.279 e. The zero-order valence-corrected chi connectivity index (χ0v) is 18.0. The number of rotatable bonds is 15. The quantitative estimate of drug-likeness (QED) is 0.235. The van der Waals surface area contributed by atoms with Crippen molar-refractivity contribution in [3.63, 3.8) is 0 Å². The van der Waals surface area contributed by atoms with Crippen LogP contribution in [0, 0.1) is 0 Å². The number of carbonyl (C=O) groups excluding carboxylic acids is 3. The lowest BCUT2D eigenvalue weighted by Crippen LogP contribution is -2.33. The number of nitrogens with one attached hydrogen (secondary N) is 1. The highest BCUT2D eigenvalue weighted by Crippen LogP contribution is 2.18. The van der Waals surface area contributed by atoms with Gasteiger partial charge in [0, 0.05) is 19.4 Å². The van der Waals surface area contributed by atoms with Crippen LogP contribution >= 0.6 is 0 Å². The summed E-state index contributed by atoms with van der Waals surface area (Å²) < 4.78 is 31.4. The second-order valence-electron chi connectivity index (χ2n) is 7.37. The molecule has 0 aromatic carbocycles. The van der Waals surface area contributed by atoms with Crippen LogP contribution < -0.4 is 5.32 Å². The summed E-state index contributed by atoms with van der Waals surface area (Å²) in [5.74, 6) is -1.26. The van der Waals surface area contributed by atoms with Gasteiger partial charge in [0.25, 0.3) is 10.1 Å². The Hall–Kier alpha value is -1.80. The molecule has 0 saturated heterocycles. The molecule has 1 aliphatic rings. The van der Waals surface area contributed by atoms with E-state index in [1.54, 1.807) is 0 Å². The minimum atomic E-state index is -4.56. The molecule has 1 atom stereocenters. The van der Waals surface area contributed by atoms with E-state index in [9.17, 15) is 22.8 Å². The third kappa shape index (κ3) is 9.99. The number of unbranched alkanes of at least 4 members (excludes halogenated alkanes) is 7. The molecule has 7 nitrogen and oxygen atoms in total. The Bertz CT molecular complexity index is 723. The lowest BCUT2D eigenvalue weighted by atomic mass is 9.96. The lowest BCUT2D eigenvalue weighted by Gasteiger charge is -2.14. The van der Waals surface area contributed by atoms with Gasteiger partial charge >= 0.3 is 0 Å².